The Labute approximate surface area is 134 Å². The third kappa shape index (κ3) is 5.16. The number of hydrogen-bond acceptors (Lipinski definition) is 1. The molecule has 100 valence electrons. The fourth-order valence-electron chi connectivity index (χ4n) is 1.90. The van der Waals surface area contributed by atoms with E-state index < -0.39 is 8.32 Å². The third-order valence-electron chi connectivity index (χ3n) is 2.88. The van der Waals surface area contributed by atoms with Crippen LogP contribution in [0, 0.1) is 5.92 Å². The van der Waals surface area contributed by atoms with E-state index >= 15 is 0 Å². The van der Waals surface area contributed by atoms with Gasteiger partial charge in [-0.3, -0.25) is 0 Å². The minimum Gasteiger partial charge on any atom is -0.422 e. The zero-order valence-electron chi connectivity index (χ0n) is 11.7. The van der Waals surface area contributed by atoms with Crippen molar-refractivity contribution in [2.24, 2.45) is 0 Å². The summed E-state index contributed by atoms with van der Waals surface area (Å²) >= 11 is 0. The third-order valence-corrected chi connectivity index (χ3v) is 3.90. The Balaban J connectivity index is -0.000000653. The predicted octanol–water partition coefficient (Wildman–Crippen LogP) is 4.54. The van der Waals surface area contributed by atoms with Gasteiger partial charge >= 0.3 is 0 Å². The van der Waals surface area contributed by atoms with Gasteiger partial charge in [0.15, 0.2) is 8.32 Å². The van der Waals surface area contributed by atoms with Crippen LogP contribution in [-0.4, -0.2) is 13.9 Å². The molecule has 17 heavy (non-hydrogen) atoms. The summed E-state index contributed by atoms with van der Waals surface area (Å²) in [4.78, 5) is 0. The molecule has 1 atom stereocenters. The van der Waals surface area contributed by atoms with Crippen LogP contribution >= 0.6 is 24.8 Å². The van der Waals surface area contributed by atoms with Crippen molar-refractivity contribution in [3.63, 3.8) is 0 Å². The van der Waals surface area contributed by atoms with Gasteiger partial charge in [-0.05, 0) is 26.6 Å². The molecule has 0 amide bonds. The van der Waals surface area contributed by atoms with Crippen LogP contribution in [0.5, 0.6) is 0 Å². The Bertz CT molecular complexity index is 319. The van der Waals surface area contributed by atoms with Crippen LogP contribution in [-0.2, 0) is 26.1 Å². The molecule has 0 saturated heterocycles. The average molecular weight is 330 g/mol. The Kier molecular flexibility index (Phi) is 10.1. The molecule has 1 rings (SSSR count). The molecule has 1 aliphatic carbocycles. The van der Waals surface area contributed by atoms with Crippen LogP contribution in [0.4, 0.5) is 0 Å². The van der Waals surface area contributed by atoms with Gasteiger partial charge in [-0.1, -0.05) is 13.8 Å². The van der Waals surface area contributed by atoms with Crippen molar-refractivity contribution in [2.75, 3.05) is 0 Å². The maximum atomic E-state index is 6.26. The fourth-order valence-corrected chi connectivity index (χ4v) is 3.43. The monoisotopic (exact) mass is 329 g/mol. The van der Waals surface area contributed by atoms with Crippen LogP contribution in [0.1, 0.15) is 27.7 Å². The summed E-state index contributed by atoms with van der Waals surface area (Å²) in [6.45, 7) is 15.2. The van der Waals surface area contributed by atoms with E-state index in [1.165, 1.54) is 17.1 Å². The second-order valence-electron chi connectivity index (χ2n) is 5.25. The maximum Gasteiger partial charge on any atom is 0.183 e. The van der Waals surface area contributed by atoms with Crippen molar-refractivity contribution < 1.29 is 26.1 Å². The molecule has 0 spiro atoms. The van der Waals surface area contributed by atoms with Crippen molar-refractivity contribution in [3.05, 3.63) is 22.8 Å². The van der Waals surface area contributed by atoms with E-state index in [9.17, 15) is 0 Å². The summed E-state index contributed by atoms with van der Waals surface area (Å²) in [7, 11) is -1.50. The van der Waals surface area contributed by atoms with Gasteiger partial charge in [-0.25, -0.2) is 0 Å². The Morgan fingerprint density at radius 2 is 1.59 bits per heavy atom. The second kappa shape index (κ2) is 7.45. The molecule has 0 N–H and O–H groups in total. The van der Waals surface area contributed by atoms with Crippen molar-refractivity contribution in [2.45, 2.75) is 52.9 Å². The number of rotatable bonds is 2. The van der Waals surface area contributed by atoms with Gasteiger partial charge in [0.2, 0.25) is 0 Å². The Hall–Kier alpha value is 0.861. The zero-order valence-corrected chi connectivity index (χ0v) is 15.9. The molecule has 0 aromatic heterocycles. The molecule has 1 nitrogen and oxygen atoms in total. The molecule has 0 saturated carbocycles. The van der Waals surface area contributed by atoms with Gasteiger partial charge < -0.3 is 10.2 Å². The minimum absolute atomic E-state index is 0. The number of hydrogen-bond donors (Lipinski definition) is 0. The molecule has 0 aromatic carbocycles. The molecule has 0 aromatic rings. The first-order valence-corrected chi connectivity index (χ1v) is 8.57. The second-order valence-corrected chi connectivity index (χ2v) is 9.68. The van der Waals surface area contributed by atoms with Crippen LogP contribution < -0.4 is 0 Å². The van der Waals surface area contributed by atoms with Gasteiger partial charge in [-0.15, -0.1) is 37.3 Å². The van der Waals surface area contributed by atoms with Crippen LogP contribution in [0.25, 0.3) is 0 Å². The van der Waals surface area contributed by atoms with Crippen molar-refractivity contribution >= 4 is 33.1 Å². The average Bonchev–Trinajstić information content (AvgIpc) is 2.13. The zero-order chi connectivity index (χ0) is 11.1. The Morgan fingerprint density at radius 1 is 1.18 bits per heavy atom. The first kappa shape index (κ1) is 23.0. The summed E-state index contributed by atoms with van der Waals surface area (Å²) in [5.41, 5.74) is 5.64. The van der Waals surface area contributed by atoms with Crippen LogP contribution in [0.2, 0.25) is 19.6 Å². The predicted molar refractivity (Wildman–Crippen MR) is 78.1 cm³/mol. The van der Waals surface area contributed by atoms with E-state index in [0.717, 1.165) is 0 Å². The molecule has 0 heterocycles. The van der Waals surface area contributed by atoms with Gasteiger partial charge in [-0.2, -0.15) is 11.5 Å². The first-order valence-electron chi connectivity index (χ1n) is 5.16. The van der Waals surface area contributed by atoms with E-state index in [1.54, 1.807) is 0 Å². The summed E-state index contributed by atoms with van der Waals surface area (Å²) < 4.78 is 6.26. The topological polar surface area (TPSA) is 9.23 Å². The molecule has 0 aliphatic heterocycles. The fraction of sp³-hybridized carbons (Fsp3) is 0.667. The van der Waals surface area contributed by atoms with Crippen molar-refractivity contribution in [3.8, 4) is 0 Å². The first-order chi connectivity index (χ1) is 6.17. The summed E-state index contributed by atoms with van der Waals surface area (Å²) in [6, 6.07) is 0. The summed E-state index contributed by atoms with van der Waals surface area (Å²) in [6.07, 6.45) is 0. The van der Waals surface area contributed by atoms with Crippen molar-refractivity contribution in [1.29, 1.82) is 0 Å². The molecular weight excluding hydrogens is 307 g/mol. The largest absolute Gasteiger partial charge is 0.422 e. The molecule has 0 radical (unpaired) electrons. The standard InChI is InChI=1S/C12H21OSi.2ClH.Ti/c1-9-8-10(2)12(4,11(9)3)13-14(5,6)7;;;/h1-7H3;2*1H;/q-1;;;. The minimum atomic E-state index is -1.50. The van der Waals surface area contributed by atoms with Gasteiger partial charge in [0.25, 0.3) is 0 Å². The summed E-state index contributed by atoms with van der Waals surface area (Å²) in [5, 5.41) is 0. The van der Waals surface area contributed by atoms with E-state index in [0.29, 0.717) is 0 Å². The van der Waals surface area contributed by atoms with Crippen LogP contribution in [0.15, 0.2) is 16.9 Å². The van der Waals surface area contributed by atoms with Gasteiger partial charge in [0.1, 0.15) is 0 Å². The molecule has 1 unspecified atom stereocenters. The molecular formula is C12H23Cl2OSiTi-. The SMILES string of the molecule is CC1=C=C(C)C(C)(O[Si](C)(C)C)[C-]1C.Cl.Cl.[Ti]. The van der Waals surface area contributed by atoms with E-state index in [4.69, 9.17) is 4.43 Å². The smallest absolute Gasteiger partial charge is 0.183 e. The quantitative estimate of drug-likeness (QED) is 0.410. The van der Waals surface area contributed by atoms with Gasteiger partial charge in [0, 0.05) is 27.3 Å². The molecule has 0 fully saturated rings. The Morgan fingerprint density at radius 3 is 1.82 bits per heavy atom. The molecule has 1 aliphatic rings. The summed E-state index contributed by atoms with van der Waals surface area (Å²) in [5.74, 6) is 1.32. The van der Waals surface area contributed by atoms with Gasteiger partial charge in [0.05, 0.1) is 0 Å². The van der Waals surface area contributed by atoms with Crippen LogP contribution in [0.3, 0.4) is 0 Å². The maximum absolute atomic E-state index is 6.26. The molecule has 0 bridgehead atoms. The van der Waals surface area contributed by atoms with E-state index in [-0.39, 0.29) is 52.1 Å². The molecule has 5 heteroatoms. The van der Waals surface area contributed by atoms with Crippen molar-refractivity contribution in [1.82, 2.24) is 0 Å². The van der Waals surface area contributed by atoms with E-state index in [2.05, 4.69) is 53.1 Å². The normalized spacial score (nSPS) is 22.9. The number of halogens is 2. The van der Waals surface area contributed by atoms with E-state index in [1.807, 2.05) is 0 Å².